The summed E-state index contributed by atoms with van der Waals surface area (Å²) < 4.78 is 47.7. The molecule has 4 nitrogen and oxygen atoms in total. The topological polar surface area (TPSA) is 47.8 Å². The molecule has 0 amide bonds. The minimum atomic E-state index is -4.92. The van der Waals surface area contributed by atoms with E-state index < -0.39 is 34.7 Å². The van der Waals surface area contributed by atoms with E-state index in [1.165, 1.54) is 30.5 Å². The van der Waals surface area contributed by atoms with Gasteiger partial charge in [0, 0.05) is 17.1 Å². The zero-order chi connectivity index (χ0) is 21.6. The number of benzene rings is 2. The predicted molar refractivity (Wildman–Crippen MR) is 106 cm³/mol. The fraction of sp³-hybridized carbons (Fsp3) is 0.0909. The van der Waals surface area contributed by atoms with Gasteiger partial charge < -0.3 is 9.14 Å². The molecule has 0 aliphatic carbocycles. The van der Waals surface area contributed by atoms with Crippen LogP contribution in [-0.2, 0) is 10.9 Å². The first-order valence-corrected chi connectivity index (χ1v) is 9.14. The number of nitrogens with zero attached hydrogens (tertiary/aromatic N) is 1. The third kappa shape index (κ3) is 3.02. The van der Waals surface area contributed by atoms with Crippen LogP contribution in [0.15, 0.2) is 60.8 Å². The van der Waals surface area contributed by atoms with E-state index in [9.17, 15) is 22.8 Å². The van der Waals surface area contributed by atoms with Crippen molar-refractivity contribution < 1.29 is 27.5 Å². The second-order valence-electron chi connectivity index (χ2n) is 6.52. The van der Waals surface area contributed by atoms with Gasteiger partial charge in [0.05, 0.1) is 23.2 Å². The lowest BCUT2D eigenvalue weighted by Crippen LogP contribution is -2.17. The Morgan fingerprint density at radius 2 is 1.63 bits per heavy atom. The average Bonchev–Trinajstić information content (AvgIpc) is 3.09. The second kappa shape index (κ2) is 7.18. The first-order valence-electron chi connectivity index (χ1n) is 8.76. The zero-order valence-electron chi connectivity index (χ0n) is 15.5. The molecule has 0 fully saturated rings. The van der Waals surface area contributed by atoms with Crippen LogP contribution in [0.25, 0.3) is 16.3 Å². The predicted octanol–water partition coefficient (Wildman–Crippen LogP) is 5.78. The molecule has 0 saturated carbocycles. The highest BCUT2D eigenvalue weighted by molar-refractivity contribution is 6.36. The van der Waals surface area contributed by atoms with Crippen molar-refractivity contribution in [3.63, 3.8) is 0 Å². The van der Waals surface area contributed by atoms with Gasteiger partial charge in [0.1, 0.15) is 11.3 Å². The van der Waals surface area contributed by atoms with Crippen LogP contribution < -0.4 is 0 Å². The number of ketones is 1. The Morgan fingerprint density at radius 3 is 2.30 bits per heavy atom. The number of aromatic nitrogens is 1. The average molecular weight is 432 g/mol. The van der Waals surface area contributed by atoms with Gasteiger partial charge >= 0.3 is 12.1 Å². The summed E-state index contributed by atoms with van der Waals surface area (Å²) in [4.78, 5) is 25.9. The first-order chi connectivity index (χ1) is 14.3. The van der Waals surface area contributed by atoms with Crippen molar-refractivity contribution in [2.24, 2.45) is 0 Å². The number of methoxy groups -OCH3 is 1. The molecule has 0 spiro atoms. The van der Waals surface area contributed by atoms with Gasteiger partial charge in [0.15, 0.2) is 5.78 Å². The number of esters is 1. The summed E-state index contributed by atoms with van der Waals surface area (Å²) in [5, 5.41) is 1.06. The van der Waals surface area contributed by atoms with Crippen LogP contribution in [0.1, 0.15) is 32.0 Å². The van der Waals surface area contributed by atoms with Crippen molar-refractivity contribution in [2.75, 3.05) is 7.11 Å². The lowest BCUT2D eigenvalue weighted by molar-refractivity contribution is -0.142. The Balaban J connectivity index is 2.24. The molecule has 0 N–H and O–H groups in total. The SMILES string of the molecule is COC(=O)c1c(C(=O)c2ccccc2Cl)c2c3ccccc3ccn2c1C(F)(F)F. The highest BCUT2D eigenvalue weighted by atomic mass is 35.5. The molecule has 152 valence electrons. The maximum atomic E-state index is 14.1. The number of halogens is 4. The van der Waals surface area contributed by atoms with Crippen LogP contribution in [0, 0.1) is 0 Å². The molecule has 0 bridgehead atoms. The highest BCUT2D eigenvalue weighted by Crippen LogP contribution is 2.40. The van der Waals surface area contributed by atoms with Crippen molar-refractivity contribution in [1.82, 2.24) is 4.40 Å². The normalized spacial score (nSPS) is 11.8. The van der Waals surface area contributed by atoms with Crippen LogP contribution in [0.3, 0.4) is 0 Å². The molecule has 2 aromatic heterocycles. The largest absolute Gasteiger partial charge is 0.465 e. The van der Waals surface area contributed by atoms with Crippen molar-refractivity contribution in [2.45, 2.75) is 6.18 Å². The van der Waals surface area contributed by atoms with E-state index in [0.717, 1.165) is 11.5 Å². The Morgan fingerprint density at radius 1 is 0.967 bits per heavy atom. The summed E-state index contributed by atoms with van der Waals surface area (Å²) in [7, 11) is 0.965. The molecule has 0 saturated heterocycles. The van der Waals surface area contributed by atoms with Crippen molar-refractivity contribution in [1.29, 1.82) is 0 Å². The first kappa shape index (κ1) is 20.0. The van der Waals surface area contributed by atoms with Gasteiger partial charge in [-0.3, -0.25) is 4.79 Å². The van der Waals surface area contributed by atoms with Gasteiger partial charge in [-0.2, -0.15) is 13.2 Å². The number of alkyl halides is 3. The fourth-order valence-electron chi connectivity index (χ4n) is 3.60. The van der Waals surface area contributed by atoms with Gasteiger partial charge in [-0.1, -0.05) is 48.0 Å². The molecular weight excluding hydrogens is 419 g/mol. The number of hydrogen-bond acceptors (Lipinski definition) is 3. The van der Waals surface area contributed by atoms with Gasteiger partial charge in [-0.15, -0.1) is 0 Å². The number of rotatable bonds is 3. The summed E-state index contributed by atoms with van der Waals surface area (Å²) in [5.74, 6) is -2.06. The Bertz CT molecular complexity index is 1320. The lowest BCUT2D eigenvalue weighted by Gasteiger charge is -2.10. The number of pyridine rings is 1. The summed E-state index contributed by atoms with van der Waals surface area (Å²) in [5.41, 5.74) is -2.57. The summed E-state index contributed by atoms with van der Waals surface area (Å²) in [6.07, 6.45) is -3.73. The van der Waals surface area contributed by atoms with Crippen LogP contribution in [0.2, 0.25) is 5.02 Å². The molecule has 0 aliphatic rings. The fourth-order valence-corrected chi connectivity index (χ4v) is 3.82. The minimum absolute atomic E-state index is 0.0153. The van der Waals surface area contributed by atoms with Crippen molar-refractivity contribution in [3.8, 4) is 0 Å². The summed E-state index contributed by atoms with van der Waals surface area (Å²) in [6.45, 7) is 0. The molecular formula is C22H13ClF3NO3. The molecule has 2 heterocycles. The third-order valence-corrected chi connectivity index (χ3v) is 5.16. The summed E-state index contributed by atoms with van der Waals surface area (Å²) in [6, 6.07) is 14.1. The van der Waals surface area contributed by atoms with Crippen molar-refractivity contribution in [3.05, 3.63) is 88.2 Å². The van der Waals surface area contributed by atoms with Gasteiger partial charge in [0.2, 0.25) is 0 Å². The Labute approximate surface area is 173 Å². The van der Waals surface area contributed by atoms with Gasteiger partial charge in [0.25, 0.3) is 0 Å². The lowest BCUT2D eigenvalue weighted by atomic mass is 9.97. The number of hydrogen-bond donors (Lipinski definition) is 0. The van der Waals surface area contributed by atoms with E-state index in [1.807, 2.05) is 0 Å². The maximum absolute atomic E-state index is 14.1. The standard InChI is InChI=1S/C22H13ClF3NO3/c1-30-21(29)17-16(19(28)14-8-4-5-9-15(14)23)18-13-7-3-2-6-12(13)10-11-27(18)20(17)22(24,25)26/h2-11H,1H3. The third-order valence-electron chi connectivity index (χ3n) is 4.83. The molecule has 30 heavy (non-hydrogen) atoms. The molecule has 0 unspecified atom stereocenters. The van der Waals surface area contributed by atoms with Gasteiger partial charge in [-0.25, -0.2) is 4.79 Å². The zero-order valence-corrected chi connectivity index (χ0v) is 16.2. The van der Waals surface area contributed by atoms with Crippen molar-refractivity contribution >= 4 is 39.6 Å². The summed E-state index contributed by atoms with van der Waals surface area (Å²) >= 11 is 6.13. The van der Waals surface area contributed by atoms with E-state index in [-0.39, 0.29) is 16.1 Å². The van der Waals surface area contributed by atoms with E-state index in [4.69, 9.17) is 11.6 Å². The quantitative estimate of drug-likeness (QED) is 0.305. The van der Waals surface area contributed by atoms with E-state index in [1.54, 1.807) is 30.3 Å². The maximum Gasteiger partial charge on any atom is 0.432 e. The van der Waals surface area contributed by atoms with Crippen LogP contribution in [0.5, 0.6) is 0 Å². The molecule has 0 radical (unpaired) electrons. The van der Waals surface area contributed by atoms with Crippen LogP contribution in [-0.4, -0.2) is 23.3 Å². The number of carbonyl (C=O) groups is 2. The number of ether oxygens (including phenoxy) is 1. The minimum Gasteiger partial charge on any atom is -0.465 e. The van der Waals surface area contributed by atoms with E-state index in [0.29, 0.717) is 10.8 Å². The molecule has 8 heteroatoms. The number of fused-ring (bicyclic) bond motifs is 3. The Hall–Kier alpha value is -3.32. The Kier molecular flexibility index (Phi) is 4.78. The monoisotopic (exact) mass is 431 g/mol. The molecule has 0 atom stereocenters. The van der Waals surface area contributed by atoms with Gasteiger partial charge in [-0.05, 0) is 23.6 Å². The van der Waals surface area contributed by atoms with E-state index in [2.05, 4.69) is 4.74 Å². The highest BCUT2D eigenvalue weighted by Gasteiger charge is 2.43. The van der Waals surface area contributed by atoms with Crippen LogP contribution in [0.4, 0.5) is 13.2 Å². The molecule has 0 aliphatic heterocycles. The smallest absolute Gasteiger partial charge is 0.432 e. The van der Waals surface area contributed by atoms with Crippen LogP contribution >= 0.6 is 11.6 Å². The number of carbonyl (C=O) groups excluding carboxylic acids is 2. The molecule has 2 aromatic carbocycles. The van der Waals surface area contributed by atoms with E-state index >= 15 is 0 Å². The second-order valence-corrected chi connectivity index (χ2v) is 6.93. The molecule has 4 rings (SSSR count). The molecule has 4 aromatic rings.